The van der Waals surface area contributed by atoms with Crippen molar-refractivity contribution in [3.63, 3.8) is 0 Å². The highest BCUT2D eigenvalue weighted by atomic mass is 79.9. The van der Waals surface area contributed by atoms with E-state index >= 15 is 0 Å². The van der Waals surface area contributed by atoms with Crippen molar-refractivity contribution in [3.8, 4) is 11.5 Å². The van der Waals surface area contributed by atoms with Crippen molar-refractivity contribution >= 4 is 27.7 Å². The summed E-state index contributed by atoms with van der Waals surface area (Å²) < 4.78 is 12.2. The molecule has 1 saturated heterocycles. The summed E-state index contributed by atoms with van der Waals surface area (Å²) in [5, 5.41) is 2.83. The minimum Gasteiger partial charge on any atom is -0.486 e. The van der Waals surface area contributed by atoms with Gasteiger partial charge in [-0.3, -0.25) is 9.59 Å². The molecule has 7 heteroatoms. The van der Waals surface area contributed by atoms with Gasteiger partial charge in [0.1, 0.15) is 13.2 Å². The number of fused-ring (bicyclic) bond motifs is 1. The zero-order valence-electron chi connectivity index (χ0n) is 16.0. The summed E-state index contributed by atoms with van der Waals surface area (Å²) in [6, 6.07) is 13.1. The van der Waals surface area contributed by atoms with Crippen LogP contribution in [0.15, 0.2) is 46.9 Å². The van der Waals surface area contributed by atoms with Crippen LogP contribution < -0.4 is 14.8 Å². The number of hydrogen-bond acceptors (Lipinski definition) is 4. The van der Waals surface area contributed by atoms with E-state index in [2.05, 4.69) is 21.2 Å². The number of rotatable bonds is 5. The Morgan fingerprint density at radius 3 is 2.62 bits per heavy atom. The molecule has 6 nitrogen and oxygen atoms in total. The number of likely N-dealkylation sites (tertiary alicyclic amines) is 1. The first kappa shape index (κ1) is 19.8. The first-order valence-electron chi connectivity index (χ1n) is 9.84. The summed E-state index contributed by atoms with van der Waals surface area (Å²) >= 11 is 3.35. The minimum atomic E-state index is -0.171. The Kier molecular flexibility index (Phi) is 6.04. The average molecular weight is 459 g/mol. The standard InChI is InChI=1S/C22H23BrN2O4/c23-17-6-3-15(4-7-17)22(27)24-10-9-21(26)25-11-1-2-18(25)16-5-8-19-20(14-16)29-13-12-28-19/h3-8,14,18H,1-2,9-13H2,(H,24,27)/t18-/m1/s1. The Balaban J connectivity index is 1.34. The topological polar surface area (TPSA) is 67.9 Å². The van der Waals surface area contributed by atoms with Crippen molar-refractivity contribution in [1.29, 1.82) is 0 Å². The predicted molar refractivity (Wildman–Crippen MR) is 112 cm³/mol. The van der Waals surface area contributed by atoms with Gasteiger partial charge in [0.15, 0.2) is 11.5 Å². The van der Waals surface area contributed by atoms with E-state index in [0.717, 1.165) is 40.9 Å². The van der Waals surface area contributed by atoms with Gasteiger partial charge in [0, 0.05) is 29.5 Å². The van der Waals surface area contributed by atoms with E-state index < -0.39 is 0 Å². The fourth-order valence-electron chi connectivity index (χ4n) is 3.81. The van der Waals surface area contributed by atoms with Gasteiger partial charge in [-0.1, -0.05) is 22.0 Å². The molecule has 0 unspecified atom stereocenters. The van der Waals surface area contributed by atoms with Crippen LogP contribution in [0.2, 0.25) is 0 Å². The largest absolute Gasteiger partial charge is 0.486 e. The van der Waals surface area contributed by atoms with E-state index in [1.807, 2.05) is 35.2 Å². The number of nitrogens with one attached hydrogen (secondary N) is 1. The highest BCUT2D eigenvalue weighted by molar-refractivity contribution is 9.10. The molecule has 2 amide bonds. The third-order valence-corrected chi connectivity index (χ3v) is 5.78. The molecule has 2 aliphatic heterocycles. The highest BCUT2D eigenvalue weighted by Gasteiger charge is 2.30. The summed E-state index contributed by atoms with van der Waals surface area (Å²) in [5.41, 5.74) is 1.65. The maximum absolute atomic E-state index is 12.8. The van der Waals surface area contributed by atoms with Gasteiger partial charge in [0.2, 0.25) is 5.91 Å². The van der Waals surface area contributed by atoms with Gasteiger partial charge in [-0.05, 0) is 54.8 Å². The monoisotopic (exact) mass is 458 g/mol. The van der Waals surface area contributed by atoms with Gasteiger partial charge in [-0.15, -0.1) is 0 Å². The first-order chi connectivity index (χ1) is 14.1. The molecule has 0 radical (unpaired) electrons. The van der Waals surface area contributed by atoms with Crippen LogP contribution in [0, 0.1) is 0 Å². The number of ether oxygens (including phenoxy) is 2. The Bertz CT molecular complexity index is 900. The van der Waals surface area contributed by atoms with E-state index in [9.17, 15) is 9.59 Å². The molecular weight excluding hydrogens is 436 g/mol. The minimum absolute atomic E-state index is 0.0421. The number of amides is 2. The maximum atomic E-state index is 12.8. The lowest BCUT2D eigenvalue weighted by atomic mass is 10.0. The maximum Gasteiger partial charge on any atom is 0.251 e. The molecule has 1 fully saturated rings. The van der Waals surface area contributed by atoms with Crippen molar-refractivity contribution in [3.05, 3.63) is 58.1 Å². The third kappa shape index (κ3) is 4.56. The SMILES string of the molecule is O=C(NCCC(=O)N1CCC[C@@H]1c1ccc2c(c1)OCCO2)c1ccc(Br)cc1. The Labute approximate surface area is 178 Å². The number of nitrogens with zero attached hydrogens (tertiary/aromatic N) is 1. The van der Waals surface area contributed by atoms with Crippen LogP contribution in [0.5, 0.6) is 11.5 Å². The Morgan fingerprint density at radius 1 is 1.07 bits per heavy atom. The first-order valence-corrected chi connectivity index (χ1v) is 10.6. The molecule has 2 heterocycles. The second-order valence-corrected chi connectivity index (χ2v) is 8.08. The van der Waals surface area contributed by atoms with Gasteiger partial charge < -0.3 is 19.7 Å². The summed E-state index contributed by atoms with van der Waals surface area (Å²) in [5.74, 6) is 1.38. The molecule has 2 aliphatic rings. The zero-order valence-corrected chi connectivity index (χ0v) is 17.6. The predicted octanol–water partition coefficient (Wildman–Crippen LogP) is 3.70. The van der Waals surface area contributed by atoms with E-state index in [1.54, 1.807) is 12.1 Å². The van der Waals surface area contributed by atoms with Crippen molar-refractivity contribution in [2.24, 2.45) is 0 Å². The summed E-state index contributed by atoms with van der Waals surface area (Å²) in [6.07, 6.45) is 2.18. The van der Waals surface area contributed by atoms with Crippen molar-refractivity contribution < 1.29 is 19.1 Å². The number of hydrogen-bond donors (Lipinski definition) is 1. The molecule has 0 aliphatic carbocycles. The molecular formula is C22H23BrN2O4. The van der Waals surface area contributed by atoms with Crippen LogP contribution in [-0.4, -0.2) is 43.0 Å². The lowest BCUT2D eigenvalue weighted by molar-refractivity contribution is -0.132. The zero-order chi connectivity index (χ0) is 20.2. The third-order valence-electron chi connectivity index (χ3n) is 5.25. The van der Waals surface area contributed by atoms with Crippen LogP contribution in [0.3, 0.4) is 0 Å². The molecule has 1 atom stereocenters. The second kappa shape index (κ2) is 8.86. The number of carbonyl (C=O) groups excluding carboxylic acids is 2. The molecule has 2 aromatic carbocycles. The van der Waals surface area contributed by atoms with Gasteiger partial charge in [0.05, 0.1) is 6.04 Å². The van der Waals surface area contributed by atoms with E-state index in [-0.39, 0.29) is 24.3 Å². The lowest BCUT2D eigenvalue weighted by Crippen LogP contribution is -2.34. The number of halogens is 1. The van der Waals surface area contributed by atoms with Crippen LogP contribution in [0.1, 0.15) is 41.2 Å². The average Bonchev–Trinajstić information content (AvgIpc) is 3.24. The molecule has 0 aromatic heterocycles. The van der Waals surface area contributed by atoms with Crippen molar-refractivity contribution in [2.45, 2.75) is 25.3 Å². The van der Waals surface area contributed by atoms with Crippen molar-refractivity contribution in [1.82, 2.24) is 10.2 Å². The van der Waals surface area contributed by atoms with E-state index in [0.29, 0.717) is 25.3 Å². The molecule has 0 spiro atoms. The molecule has 29 heavy (non-hydrogen) atoms. The molecule has 0 bridgehead atoms. The summed E-state index contributed by atoms with van der Waals surface area (Å²) in [7, 11) is 0. The van der Waals surface area contributed by atoms with E-state index in [1.165, 1.54) is 0 Å². The van der Waals surface area contributed by atoms with Gasteiger partial charge in [0.25, 0.3) is 5.91 Å². The fraction of sp³-hybridized carbons (Fsp3) is 0.364. The van der Waals surface area contributed by atoms with E-state index in [4.69, 9.17) is 9.47 Å². The van der Waals surface area contributed by atoms with Gasteiger partial charge in [-0.2, -0.15) is 0 Å². The number of benzene rings is 2. The van der Waals surface area contributed by atoms with Crippen LogP contribution in [0.25, 0.3) is 0 Å². The Hall–Kier alpha value is -2.54. The lowest BCUT2D eigenvalue weighted by Gasteiger charge is -2.27. The van der Waals surface area contributed by atoms with Crippen LogP contribution in [-0.2, 0) is 4.79 Å². The quantitative estimate of drug-likeness (QED) is 0.741. The van der Waals surface area contributed by atoms with Crippen LogP contribution in [0.4, 0.5) is 0 Å². The summed E-state index contributed by atoms with van der Waals surface area (Å²) in [6.45, 7) is 2.16. The molecule has 2 aromatic rings. The summed E-state index contributed by atoms with van der Waals surface area (Å²) in [4.78, 5) is 26.9. The van der Waals surface area contributed by atoms with Gasteiger partial charge >= 0.3 is 0 Å². The Morgan fingerprint density at radius 2 is 1.83 bits per heavy atom. The van der Waals surface area contributed by atoms with Gasteiger partial charge in [-0.25, -0.2) is 0 Å². The van der Waals surface area contributed by atoms with Crippen molar-refractivity contribution in [2.75, 3.05) is 26.3 Å². The highest BCUT2D eigenvalue weighted by Crippen LogP contribution is 2.38. The molecule has 0 saturated carbocycles. The normalized spacial score (nSPS) is 17.8. The fourth-order valence-corrected chi connectivity index (χ4v) is 4.07. The molecule has 1 N–H and O–H groups in total. The molecule has 152 valence electrons. The second-order valence-electron chi connectivity index (χ2n) is 7.16. The van der Waals surface area contributed by atoms with Crippen LogP contribution >= 0.6 is 15.9 Å². The smallest absolute Gasteiger partial charge is 0.251 e. The molecule has 4 rings (SSSR count). The number of carbonyl (C=O) groups is 2.